The molecule has 0 spiro atoms. The van der Waals surface area contributed by atoms with Crippen LogP contribution >= 0.6 is 0 Å². The van der Waals surface area contributed by atoms with Crippen molar-refractivity contribution in [1.29, 1.82) is 0 Å². The molecule has 0 amide bonds. The largest absolute Gasteiger partial charge is 0.317 e. The summed E-state index contributed by atoms with van der Waals surface area (Å²) >= 11 is 0. The van der Waals surface area contributed by atoms with E-state index in [-0.39, 0.29) is 0 Å². The van der Waals surface area contributed by atoms with Crippen LogP contribution in [0.3, 0.4) is 0 Å². The fraction of sp³-hybridized carbons (Fsp3) is 1.00. The maximum absolute atomic E-state index is 3.45. The second-order valence-electron chi connectivity index (χ2n) is 5.69. The molecule has 2 saturated carbocycles. The third-order valence-corrected chi connectivity index (χ3v) is 4.28. The molecule has 0 heterocycles. The Balaban J connectivity index is 2.01. The molecule has 0 aromatic heterocycles. The predicted octanol–water partition coefficient (Wildman–Crippen LogP) is 2.81. The van der Waals surface area contributed by atoms with E-state index in [1.165, 1.54) is 32.1 Å². The van der Waals surface area contributed by atoms with Gasteiger partial charge in [0.1, 0.15) is 0 Å². The summed E-state index contributed by atoms with van der Waals surface area (Å²) in [5, 5.41) is 3.45. The molecule has 2 unspecified atom stereocenters. The van der Waals surface area contributed by atoms with Gasteiger partial charge in [-0.1, -0.05) is 13.8 Å². The summed E-state index contributed by atoms with van der Waals surface area (Å²) in [5.74, 6) is 2.07. The molecule has 0 aromatic carbocycles. The van der Waals surface area contributed by atoms with Crippen LogP contribution in [0.2, 0.25) is 0 Å². The van der Waals surface area contributed by atoms with Gasteiger partial charge in [0, 0.05) is 6.04 Å². The summed E-state index contributed by atoms with van der Waals surface area (Å²) in [7, 11) is 2.12. The van der Waals surface area contributed by atoms with Crippen molar-refractivity contribution in [2.24, 2.45) is 17.3 Å². The zero-order chi connectivity index (χ0) is 9.47. The second kappa shape index (κ2) is 3.27. The number of hydrogen-bond acceptors (Lipinski definition) is 1. The molecule has 0 radical (unpaired) electrons. The number of nitrogens with one attached hydrogen (secondary N) is 1. The van der Waals surface area contributed by atoms with Crippen LogP contribution in [0.5, 0.6) is 0 Å². The van der Waals surface area contributed by atoms with E-state index < -0.39 is 0 Å². The summed E-state index contributed by atoms with van der Waals surface area (Å²) in [5.41, 5.74) is 0.620. The SMILES string of the molecule is CNC1CCC(C)(C)C(C2CC2)C1. The second-order valence-corrected chi connectivity index (χ2v) is 5.69. The molecule has 2 aliphatic carbocycles. The Kier molecular flexibility index (Phi) is 2.39. The molecule has 76 valence electrons. The van der Waals surface area contributed by atoms with Crippen LogP contribution in [0, 0.1) is 17.3 Å². The summed E-state index contributed by atoms with van der Waals surface area (Å²) in [6.45, 7) is 4.95. The maximum Gasteiger partial charge on any atom is 0.00672 e. The molecule has 0 aliphatic heterocycles. The summed E-state index contributed by atoms with van der Waals surface area (Å²) in [6.07, 6.45) is 7.23. The van der Waals surface area contributed by atoms with Gasteiger partial charge in [-0.3, -0.25) is 0 Å². The van der Waals surface area contributed by atoms with Gasteiger partial charge in [0.2, 0.25) is 0 Å². The lowest BCUT2D eigenvalue weighted by molar-refractivity contribution is 0.0967. The van der Waals surface area contributed by atoms with Gasteiger partial charge in [-0.15, -0.1) is 0 Å². The van der Waals surface area contributed by atoms with Gasteiger partial charge < -0.3 is 5.32 Å². The normalized spacial score (nSPS) is 39.0. The molecule has 13 heavy (non-hydrogen) atoms. The lowest BCUT2D eigenvalue weighted by atomic mass is 9.65. The van der Waals surface area contributed by atoms with Crippen molar-refractivity contribution >= 4 is 0 Å². The fourth-order valence-electron chi connectivity index (χ4n) is 3.07. The van der Waals surface area contributed by atoms with Crippen LogP contribution < -0.4 is 5.32 Å². The van der Waals surface area contributed by atoms with Crippen LogP contribution in [0.1, 0.15) is 46.0 Å². The smallest absolute Gasteiger partial charge is 0.00672 e. The Morgan fingerprint density at radius 3 is 2.38 bits per heavy atom. The third kappa shape index (κ3) is 1.90. The van der Waals surface area contributed by atoms with Crippen molar-refractivity contribution in [3.8, 4) is 0 Å². The van der Waals surface area contributed by atoms with Gasteiger partial charge in [-0.05, 0) is 56.4 Å². The highest BCUT2D eigenvalue weighted by Crippen LogP contribution is 2.52. The van der Waals surface area contributed by atoms with E-state index in [0.29, 0.717) is 5.41 Å². The van der Waals surface area contributed by atoms with Crippen molar-refractivity contribution in [3.63, 3.8) is 0 Å². The van der Waals surface area contributed by atoms with Crippen LogP contribution in [0.15, 0.2) is 0 Å². The van der Waals surface area contributed by atoms with Gasteiger partial charge >= 0.3 is 0 Å². The zero-order valence-electron chi connectivity index (χ0n) is 9.27. The minimum absolute atomic E-state index is 0.620. The predicted molar refractivity (Wildman–Crippen MR) is 56.7 cm³/mol. The van der Waals surface area contributed by atoms with Crippen molar-refractivity contribution in [2.75, 3.05) is 7.05 Å². The molecule has 2 fully saturated rings. The molecule has 2 atom stereocenters. The van der Waals surface area contributed by atoms with Gasteiger partial charge in [0.25, 0.3) is 0 Å². The monoisotopic (exact) mass is 181 g/mol. The lowest BCUT2D eigenvalue weighted by Crippen LogP contribution is -2.40. The van der Waals surface area contributed by atoms with E-state index in [1.54, 1.807) is 0 Å². The Morgan fingerprint density at radius 1 is 1.15 bits per heavy atom. The Hall–Kier alpha value is -0.0400. The summed E-state index contributed by atoms with van der Waals surface area (Å²) < 4.78 is 0. The van der Waals surface area contributed by atoms with E-state index in [0.717, 1.165) is 17.9 Å². The van der Waals surface area contributed by atoms with Gasteiger partial charge in [-0.2, -0.15) is 0 Å². The molecule has 2 aliphatic rings. The van der Waals surface area contributed by atoms with Crippen molar-refractivity contribution in [2.45, 2.75) is 52.0 Å². The van der Waals surface area contributed by atoms with Crippen LogP contribution in [-0.2, 0) is 0 Å². The average molecular weight is 181 g/mol. The van der Waals surface area contributed by atoms with Crippen LogP contribution in [-0.4, -0.2) is 13.1 Å². The molecular weight excluding hydrogens is 158 g/mol. The molecule has 1 N–H and O–H groups in total. The molecule has 0 aromatic rings. The molecule has 0 saturated heterocycles. The van der Waals surface area contributed by atoms with Crippen LogP contribution in [0.25, 0.3) is 0 Å². The molecule has 1 nitrogen and oxygen atoms in total. The molecular formula is C12H23N. The van der Waals surface area contributed by atoms with E-state index in [1.807, 2.05) is 0 Å². The first-order valence-electron chi connectivity index (χ1n) is 5.81. The third-order valence-electron chi connectivity index (χ3n) is 4.28. The standard InChI is InChI=1S/C12H23N/c1-12(2)7-6-10(13-3)8-11(12)9-4-5-9/h9-11,13H,4-8H2,1-3H3. The number of hydrogen-bond donors (Lipinski definition) is 1. The summed E-state index contributed by atoms with van der Waals surface area (Å²) in [4.78, 5) is 0. The number of rotatable bonds is 2. The van der Waals surface area contributed by atoms with E-state index in [9.17, 15) is 0 Å². The van der Waals surface area contributed by atoms with Gasteiger partial charge in [0.15, 0.2) is 0 Å². The minimum Gasteiger partial charge on any atom is -0.317 e. The Bertz CT molecular complexity index is 182. The van der Waals surface area contributed by atoms with E-state index in [2.05, 4.69) is 26.2 Å². The van der Waals surface area contributed by atoms with Crippen molar-refractivity contribution in [1.82, 2.24) is 5.32 Å². The minimum atomic E-state index is 0.620. The Labute approximate surface area is 82.3 Å². The van der Waals surface area contributed by atoms with Gasteiger partial charge in [-0.25, -0.2) is 0 Å². The van der Waals surface area contributed by atoms with E-state index in [4.69, 9.17) is 0 Å². The highest BCUT2D eigenvalue weighted by atomic mass is 14.9. The Morgan fingerprint density at radius 2 is 1.85 bits per heavy atom. The first-order valence-corrected chi connectivity index (χ1v) is 5.81. The van der Waals surface area contributed by atoms with Gasteiger partial charge in [0.05, 0.1) is 0 Å². The first kappa shape index (κ1) is 9.51. The van der Waals surface area contributed by atoms with E-state index >= 15 is 0 Å². The van der Waals surface area contributed by atoms with Crippen molar-refractivity contribution in [3.05, 3.63) is 0 Å². The average Bonchev–Trinajstić information content (AvgIpc) is 2.87. The highest BCUT2D eigenvalue weighted by Gasteiger charge is 2.44. The topological polar surface area (TPSA) is 12.0 Å². The molecule has 2 rings (SSSR count). The lowest BCUT2D eigenvalue weighted by Gasteiger charge is -2.42. The molecule has 0 bridgehead atoms. The van der Waals surface area contributed by atoms with Crippen LogP contribution in [0.4, 0.5) is 0 Å². The first-order chi connectivity index (χ1) is 6.13. The van der Waals surface area contributed by atoms with Crippen molar-refractivity contribution < 1.29 is 0 Å². The quantitative estimate of drug-likeness (QED) is 0.690. The maximum atomic E-state index is 3.45. The fourth-order valence-corrected chi connectivity index (χ4v) is 3.07. The zero-order valence-corrected chi connectivity index (χ0v) is 9.27. The highest BCUT2D eigenvalue weighted by molar-refractivity contribution is 4.95. The molecule has 1 heteroatoms. The summed E-state index contributed by atoms with van der Waals surface area (Å²) in [6, 6.07) is 0.804.